The maximum atomic E-state index is 12.3. The number of halogens is 1. The smallest absolute Gasteiger partial charge is 0.407 e. The van der Waals surface area contributed by atoms with E-state index in [-0.39, 0.29) is 29.4 Å². The summed E-state index contributed by atoms with van der Waals surface area (Å²) < 4.78 is 11.3. The van der Waals surface area contributed by atoms with Gasteiger partial charge in [0.25, 0.3) is 0 Å². The van der Waals surface area contributed by atoms with Crippen LogP contribution in [0.5, 0.6) is 0 Å². The number of anilines is 2. The van der Waals surface area contributed by atoms with Crippen LogP contribution in [-0.2, 0) is 16.1 Å². The summed E-state index contributed by atoms with van der Waals surface area (Å²) in [4.78, 5) is 24.2. The summed E-state index contributed by atoms with van der Waals surface area (Å²) in [6.45, 7) is 3.12. The van der Waals surface area contributed by atoms with Crippen molar-refractivity contribution in [3.8, 4) is 0 Å². The SMILES string of the molecule is N=C(c1ccc(/C(N)=N\O)cc1Cl)c1ncc(N2CC[C@H]3C(CNC(=O)OCc4ccccc4)[C@H]3C2)nc1NC1CCCCO1. The first kappa shape index (κ1) is 30.6. The van der Waals surface area contributed by atoms with Crippen LogP contribution >= 0.6 is 11.6 Å². The van der Waals surface area contributed by atoms with E-state index < -0.39 is 6.09 Å². The number of carbonyl (C=O) groups excluding carboxylic acids is 1. The van der Waals surface area contributed by atoms with Crippen molar-refractivity contribution < 1.29 is 19.5 Å². The lowest BCUT2D eigenvalue weighted by Gasteiger charge is -2.29. The van der Waals surface area contributed by atoms with E-state index in [1.165, 1.54) is 0 Å². The van der Waals surface area contributed by atoms with Gasteiger partial charge in [0.05, 0.1) is 16.9 Å². The molecule has 1 saturated carbocycles. The number of nitrogens with two attached hydrogens (primary N) is 1. The molecule has 6 N–H and O–H groups in total. The second-order valence-corrected chi connectivity index (χ2v) is 12.1. The zero-order valence-corrected chi connectivity index (χ0v) is 25.5. The van der Waals surface area contributed by atoms with E-state index in [9.17, 15) is 4.79 Å². The van der Waals surface area contributed by atoms with E-state index in [0.717, 1.165) is 50.2 Å². The third-order valence-corrected chi connectivity index (χ3v) is 9.12. The van der Waals surface area contributed by atoms with E-state index in [1.54, 1.807) is 24.4 Å². The van der Waals surface area contributed by atoms with Gasteiger partial charge in [0.2, 0.25) is 0 Å². The Hall–Kier alpha value is -4.42. The standard InChI is InChI=1S/C32H37ClN8O4/c33-25-14-20(30(35)40-43)9-10-22(25)28(34)29-31(39-27-8-4-5-13-44-27)38-26(16-36-29)41-12-11-21-23(24(21)17-41)15-37-32(42)45-18-19-6-2-1-3-7-19/h1-3,6-7,9-10,14,16,21,23-24,27,34,43H,4-5,8,11-13,15,17-18H2,(H2,35,40)(H,37,42)(H,38,39)/t21-,23?,24-,27?/m0/s1. The lowest BCUT2D eigenvalue weighted by Crippen LogP contribution is -2.33. The van der Waals surface area contributed by atoms with E-state index in [0.29, 0.717) is 53.5 Å². The molecule has 3 heterocycles. The largest absolute Gasteiger partial charge is 0.445 e. The molecule has 3 aromatic rings. The van der Waals surface area contributed by atoms with Crippen molar-refractivity contribution in [3.63, 3.8) is 0 Å². The number of hydrogen-bond donors (Lipinski definition) is 5. The van der Waals surface area contributed by atoms with Crippen molar-refractivity contribution in [1.29, 1.82) is 5.41 Å². The third-order valence-electron chi connectivity index (χ3n) is 8.81. The quantitative estimate of drug-likeness (QED) is 0.0929. The molecular formula is C32H37ClN8O4. The first-order chi connectivity index (χ1) is 21.9. The lowest BCUT2D eigenvalue weighted by atomic mass is 10.0. The number of carbonyl (C=O) groups is 1. The van der Waals surface area contributed by atoms with Gasteiger partial charge in [0, 0.05) is 37.4 Å². The van der Waals surface area contributed by atoms with Crippen molar-refractivity contribution in [2.45, 2.75) is 38.5 Å². The van der Waals surface area contributed by atoms with E-state index >= 15 is 0 Å². The topological polar surface area (TPSA) is 171 Å². The number of oxime groups is 1. The number of amidine groups is 1. The molecule has 4 atom stereocenters. The van der Waals surface area contributed by atoms with Crippen molar-refractivity contribution in [1.82, 2.24) is 15.3 Å². The number of nitrogens with zero attached hydrogens (tertiary/aromatic N) is 4. The molecule has 1 aromatic heterocycles. The Bertz CT molecular complexity index is 1570. The van der Waals surface area contributed by atoms with Crippen molar-refractivity contribution in [2.24, 2.45) is 28.6 Å². The molecule has 2 saturated heterocycles. The van der Waals surface area contributed by atoms with Crippen LogP contribution in [0.4, 0.5) is 16.4 Å². The Balaban J connectivity index is 1.13. The molecule has 0 spiro atoms. The van der Waals surface area contributed by atoms with Crippen molar-refractivity contribution >= 4 is 40.9 Å². The number of amides is 1. The highest BCUT2D eigenvalue weighted by atomic mass is 35.5. The Morgan fingerprint density at radius 1 is 1.20 bits per heavy atom. The summed E-state index contributed by atoms with van der Waals surface area (Å²) in [5.41, 5.74) is 7.99. The third kappa shape index (κ3) is 7.12. The molecule has 236 valence electrons. The molecule has 12 nitrogen and oxygen atoms in total. The average molecular weight is 633 g/mol. The minimum atomic E-state index is -0.399. The number of hydrogen-bond acceptors (Lipinski definition) is 10. The first-order valence-electron chi connectivity index (χ1n) is 15.2. The van der Waals surface area contributed by atoms with Crippen molar-refractivity contribution in [2.75, 3.05) is 36.5 Å². The summed E-state index contributed by atoms with van der Waals surface area (Å²) in [5, 5.41) is 27.6. The zero-order valence-electron chi connectivity index (χ0n) is 24.8. The van der Waals surface area contributed by atoms with Gasteiger partial charge in [0.1, 0.15) is 24.3 Å². The van der Waals surface area contributed by atoms with Crippen molar-refractivity contribution in [3.05, 3.63) is 82.1 Å². The van der Waals surface area contributed by atoms with Gasteiger partial charge in [-0.3, -0.25) is 5.41 Å². The summed E-state index contributed by atoms with van der Waals surface area (Å²) in [5.74, 6) is 2.49. The highest BCUT2D eigenvalue weighted by Gasteiger charge is 2.52. The second kappa shape index (κ2) is 13.7. The van der Waals surface area contributed by atoms with Crippen LogP contribution in [0.1, 0.15) is 48.1 Å². The van der Waals surface area contributed by atoms with Gasteiger partial charge >= 0.3 is 6.09 Å². The average Bonchev–Trinajstić information content (AvgIpc) is 3.78. The van der Waals surface area contributed by atoms with Gasteiger partial charge in [-0.25, -0.2) is 14.8 Å². The fourth-order valence-electron chi connectivity index (χ4n) is 6.25. The number of rotatable bonds is 10. The van der Waals surface area contributed by atoms with Crippen LogP contribution in [-0.4, -0.2) is 65.3 Å². The number of aromatic nitrogens is 2. The van der Waals surface area contributed by atoms with Crippen LogP contribution in [0.15, 0.2) is 59.9 Å². The van der Waals surface area contributed by atoms with Gasteiger partial charge in [-0.2, -0.15) is 0 Å². The molecule has 3 aliphatic rings. The van der Waals surface area contributed by atoms with E-state index in [2.05, 4.69) is 20.7 Å². The Labute approximate surface area is 266 Å². The number of ether oxygens (including phenoxy) is 2. The summed E-state index contributed by atoms with van der Waals surface area (Å²) in [7, 11) is 0. The van der Waals surface area contributed by atoms with Crippen LogP contribution in [0, 0.1) is 23.2 Å². The molecule has 2 unspecified atom stereocenters. The van der Waals surface area contributed by atoms with Crippen LogP contribution in [0.2, 0.25) is 5.02 Å². The number of piperidine rings is 1. The molecule has 2 aromatic carbocycles. The predicted octanol–water partition coefficient (Wildman–Crippen LogP) is 4.58. The fourth-order valence-corrected chi connectivity index (χ4v) is 6.52. The van der Waals surface area contributed by atoms with Crippen LogP contribution < -0.4 is 21.3 Å². The lowest BCUT2D eigenvalue weighted by molar-refractivity contribution is 0.0341. The zero-order chi connectivity index (χ0) is 31.3. The first-order valence-corrected chi connectivity index (χ1v) is 15.6. The molecule has 13 heteroatoms. The minimum absolute atomic E-state index is 0.0728. The molecule has 2 aliphatic heterocycles. The molecule has 1 amide bonds. The number of fused-ring (bicyclic) bond motifs is 1. The van der Waals surface area contributed by atoms with Gasteiger partial charge in [-0.15, -0.1) is 0 Å². The summed E-state index contributed by atoms with van der Waals surface area (Å²) in [6, 6.07) is 14.5. The maximum absolute atomic E-state index is 12.3. The minimum Gasteiger partial charge on any atom is -0.445 e. The van der Waals surface area contributed by atoms with Crippen LogP contribution in [0.3, 0.4) is 0 Å². The number of alkyl carbamates (subject to hydrolysis) is 1. The van der Waals surface area contributed by atoms with Gasteiger partial charge in [-0.05, 0) is 55.1 Å². The van der Waals surface area contributed by atoms with Gasteiger partial charge < -0.3 is 35.9 Å². The second-order valence-electron chi connectivity index (χ2n) is 11.6. The number of benzene rings is 2. The molecule has 1 aliphatic carbocycles. The number of nitrogens with one attached hydrogen (secondary N) is 3. The maximum Gasteiger partial charge on any atom is 0.407 e. The highest BCUT2D eigenvalue weighted by Crippen LogP contribution is 2.51. The van der Waals surface area contributed by atoms with Crippen LogP contribution in [0.25, 0.3) is 0 Å². The van der Waals surface area contributed by atoms with E-state index in [4.69, 9.17) is 47.4 Å². The monoisotopic (exact) mass is 632 g/mol. The highest BCUT2D eigenvalue weighted by molar-refractivity contribution is 6.35. The fraction of sp³-hybridized carbons (Fsp3) is 0.406. The van der Waals surface area contributed by atoms with Gasteiger partial charge in [-0.1, -0.05) is 59.2 Å². The predicted molar refractivity (Wildman–Crippen MR) is 171 cm³/mol. The van der Waals surface area contributed by atoms with E-state index in [1.807, 2.05) is 30.3 Å². The Morgan fingerprint density at radius 3 is 2.80 bits per heavy atom. The van der Waals surface area contributed by atoms with Gasteiger partial charge in [0.15, 0.2) is 11.7 Å². The summed E-state index contributed by atoms with van der Waals surface area (Å²) in [6.07, 6.45) is 4.92. The molecule has 3 fully saturated rings. The Morgan fingerprint density at radius 2 is 2.04 bits per heavy atom. The molecule has 6 rings (SSSR count). The molecule has 0 bridgehead atoms. The summed E-state index contributed by atoms with van der Waals surface area (Å²) >= 11 is 6.53. The molecular weight excluding hydrogens is 596 g/mol. The Kier molecular flexibility index (Phi) is 9.31. The molecule has 0 radical (unpaired) electrons. The normalized spacial score (nSPS) is 22.7. The molecule has 45 heavy (non-hydrogen) atoms.